The molecule has 0 N–H and O–H groups in total. The van der Waals surface area contributed by atoms with Crippen molar-refractivity contribution in [1.82, 2.24) is 4.90 Å². The quantitative estimate of drug-likeness (QED) is 0.551. The van der Waals surface area contributed by atoms with Crippen LogP contribution in [0.1, 0.15) is 20.8 Å². The van der Waals surface area contributed by atoms with Gasteiger partial charge in [0.1, 0.15) is 5.60 Å². The van der Waals surface area contributed by atoms with Gasteiger partial charge in [0.2, 0.25) is 0 Å². The second-order valence-electron chi connectivity index (χ2n) is 4.65. The molecular weight excluding hydrogens is 234 g/mol. The minimum atomic E-state index is -0.515. The molecule has 0 aromatic heterocycles. The van der Waals surface area contributed by atoms with Crippen LogP contribution in [0.15, 0.2) is 0 Å². The number of hydrogen-bond donors (Lipinski definition) is 0. The van der Waals surface area contributed by atoms with E-state index >= 15 is 0 Å². The van der Waals surface area contributed by atoms with Crippen LogP contribution in [-0.2, 0) is 14.3 Å². The van der Waals surface area contributed by atoms with Crippen molar-refractivity contribution in [2.24, 2.45) is 5.92 Å². The Morgan fingerprint density at radius 2 is 1.94 bits per heavy atom. The normalized spacial score (nSPS) is 16.6. The Balaban J connectivity index is 2.30. The summed E-state index contributed by atoms with van der Waals surface area (Å²) in [6.07, 6.45) is -0.401. The molecule has 1 fully saturated rings. The van der Waals surface area contributed by atoms with Gasteiger partial charge < -0.3 is 14.4 Å². The van der Waals surface area contributed by atoms with E-state index in [1.54, 1.807) is 20.8 Å². The summed E-state index contributed by atoms with van der Waals surface area (Å²) < 4.78 is 9.76. The van der Waals surface area contributed by atoms with Gasteiger partial charge in [-0.25, -0.2) is 4.79 Å². The number of likely N-dealkylation sites (tertiary alicyclic amines) is 1. The molecule has 1 amide bonds. The van der Waals surface area contributed by atoms with Crippen LogP contribution in [-0.4, -0.2) is 41.7 Å². The average Bonchev–Trinajstić information content (AvgIpc) is 1.97. The van der Waals surface area contributed by atoms with E-state index in [4.69, 9.17) is 16.3 Å². The van der Waals surface area contributed by atoms with Crippen molar-refractivity contribution < 1.29 is 19.1 Å². The van der Waals surface area contributed by atoms with E-state index in [1.807, 2.05) is 0 Å². The van der Waals surface area contributed by atoms with Crippen molar-refractivity contribution in [3.63, 3.8) is 0 Å². The zero-order valence-electron chi connectivity index (χ0n) is 9.66. The Bertz CT molecular complexity index is 281. The van der Waals surface area contributed by atoms with Crippen molar-refractivity contribution in [1.29, 1.82) is 0 Å². The molecule has 6 heteroatoms. The molecule has 1 heterocycles. The highest BCUT2D eigenvalue weighted by atomic mass is 35.5. The molecule has 0 radical (unpaired) electrons. The molecule has 0 aliphatic carbocycles. The third-order valence-electron chi connectivity index (χ3n) is 2.06. The van der Waals surface area contributed by atoms with Crippen LogP contribution in [0.5, 0.6) is 0 Å². The lowest BCUT2D eigenvalue weighted by Gasteiger charge is -2.38. The van der Waals surface area contributed by atoms with E-state index in [0.29, 0.717) is 13.1 Å². The number of carbonyl (C=O) groups excluding carboxylic acids is 2. The van der Waals surface area contributed by atoms with Crippen LogP contribution >= 0.6 is 11.6 Å². The topological polar surface area (TPSA) is 55.8 Å². The van der Waals surface area contributed by atoms with Crippen LogP contribution in [0, 0.1) is 5.92 Å². The molecule has 1 rings (SSSR count). The highest BCUT2D eigenvalue weighted by Gasteiger charge is 2.38. The fraction of sp³-hybridized carbons (Fsp3) is 0.800. The van der Waals surface area contributed by atoms with Gasteiger partial charge >= 0.3 is 12.1 Å². The number of carbonyl (C=O) groups is 2. The predicted octanol–water partition coefficient (Wildman–Crippen LogP) is 1.59. The van der Waals surface area contributed by atoms with Gasteiger partial charge in [-0.15, -0.1) is 0 Å². The summed E-state index contributed by atoms with van der Waals surface area (Å²) in [6.45, 7) is 6.06. The largest absolute Gasteiger partial charge is 0.449 e. The van der Waals surface area contributed by atoms with E-state index < -0.39 is 11.7 Å². The summed E-state index contributed by atoms with van der Waals surface area (Å²) in [5.74, 6) is -0.638. The van der Waals surface area contributed by atoms with Crippen LogP contribution < -0.4 is 0 Å². The van der Waals surface area contributed by atoms with Crippen molar-refractivity contribution >= 4 is 23.7 Å². The van der Waals surface area contributed by atoms with E-state index in [-0.39, 0.29) is 18.0 Å². The van der Waals surface area contributed by atoms with Gasteiger partial charge in [0.25, 0.3) is 0 Å². The molecule has 0 saturated carbocycles. The smallest absolute Gasteiger partial charge is 0.410 e. The van der Waals surface area contributed by atoms with E-state index in [9.17, 15) is 9.59 Å². The molecule has 5 nitrogen and oxygen atoms in total. The standard InChI is InChI=1S/C10H16ClNO4/c1-10(2,3)16-9(14)12-4-7(5-12)8(13)15-6-11/h7H,4-6H2,1-3H3. The van der Waals surface area contributed by atoms with Gasteiger partial charge in [-0.2, -0.15) is 0 Å². The maximum Gasteiger partial charge on any atom is 0.410 e. The average molecular weight is 250 g/mol. The zero-order chi connectivity index (χ0) is 12.3. The molecule has 92 valence electrons. The first-order chi connectivity index (χ1) is 7.33. The fourth-order valence-corrected chi connectivity index (χ4v) is 1.38. The lowest BCUT2D eigenvalue weighted by atomic mass is 10.0. The summed E-state index contributed by atoms with van der Waals surface area (Å²) in [6, 6.07) is -0.151. The summed E-state index contributed by atoms with van der Waals surface area (Å²) in [5, 5.41) is 0. The third kappa shape index (κ3) is 3.56. The fourth-order valence-electron chi connectivity index (χ4n) is 1.27. The number of ether oxygens (including phenoxy) is 2. The molecule has 0 aromatic rings. The van der Waals surface area contributed by atoms with Crippen molar-refractivity contribution in [3.05, 3.63) is 0 Å². The first kappa shape index (κ1) is 13.1. The van der Waals surface area contributed by atoms with Gasteiger partial charge in [0.05, 0.1) is 5.92 Å². The molecule has 0 aromatic carbocycles. The highest BCUT2D eigenvalue weighted by Crippen LogP contribution is 2.20. The van der Waals surface area contributed by atoms with E-state index in [0.717, 1.165) is 0 Å². The lowest BCUT2D eigenvalue weighted by Crippen LogP contribution is -2.54. The minimum Gasteiger partial charge on any atom is -0.449 e. The number of rotatable bonds is 2. The van der Waals surface area contributed by atoms with E-state index in [1.165, 1.54) is 4.90 Å². The van der Waals surface area contributed by atoms with Crippen molar-refractivity contribution in [3.8, 4) is 0 Å². The highest BCUT2D eigenvalue weighted by molar-refractivity contribution is 6.17. The molecule has 0 atom stereocenters. The first-order valence-electron chi connectivity index (χ1n) is 5.04. The van der Waals surface area contributed by atoms with Crippen LogP contribution in [0.2, 0.25) is 0 Å². The molecule has 1 saturated heterocycles. The van der Waals surface area contributed by atoms with Crippen LogP contribution in [0.4, 0.5) is 4.79 Å². The maximum absolute atomic E-state index is 11.5. The van der Waals surface area contributed by atoms with Gasteiger partial charge in [-0.05, 0) is 20.8 Å². The molecule has 0 bridgehead atoms. The van der Waals surface area contributed by atoms with Gasteiger partial charge in [-0.1, -0.05) is 11.6 Å². The molecular formula is C10H16ClNO4. The SMILES string of the molecule is CC(C)(C)OC(=O)N1CC(C(=O)OCCl)C1. The molecule has 16 heavy (non-hydrogen) atoms. The van der Waals surface area contributed by atoms with Gasteiger partial charge in [0.15, 0.2) is 6.07 Å². The third-order valence-corrected chi connectivity index (χ3v) is 2.17. The monoisotopic (exact) mass is 249 g/mol. The van der Waals surface area contributed by atoms with Crippen molar-refractivity contribution in [2.45, 2.75) is 26.4 Å². The lowest BCUT2D eigenvalue weighted by molar-refractivity contribution is -0.151. The van der Waals surface area contributed by atoms with Crippen LogP contribution in [0.25, 0.3) is 0 Å². The van der Waals surface area contributed by atoms with Gasteiger partial charge in [-0.3, -0.25) is 4.79 Å². The van der Waals surface area contributed by atoms with Crippen molar-refractivity contribution in [2.75, 3.05) is 19.2 Å². The van der Waals surface area contributed by atoms with Gasteiger partial charge in [0, 0.05) is 13.1 Å². The number of amides is 1. The minimum absolute atomic E-state index is 0.151. The molecule has 1 aliphatic heterocycles. The molecule has 1 aliphatic rings. The van der Waals surface area contributed by atoms with E-state index in [2.05, 4.69) is 4.74 Å². The Kier molecular flexibility index (Phi) is 4.02. The summed E-state index contributed by atoms with van der Waals surface area (Å²) >= 11 is 5.26. The first-order valence-corrected chi connectivity index (χ1v) is 5.57. The molecule has 0 spiro atoms. The van der Waals surface area contributed by atoms with Crippen LogP contribution in [0.3, 0.4) is 0 Å². The predicted molar refractivity (Wildman–Crippen MR) is 58.1 cm³/mol. The Morgan fingerprint density at radius 3 is 2.38 bits per heavy atom. The number of nitrogens with zero attached hydrogens (tertiary/aromatic N) is 1. The zero-order valence-corrected chi connectivity index (χ0v) is 10.4. The summed E-state index contributed by atoms with van der Waals surface area (Å²) in [4.78, 5) is 24.1. The number of hydrogen-bond acceptors (Lipinski definition) is 4. The second-order valence-corrected chi connectivity index (χ2v) is 4.87. The Hall–Kier alpha value is -0.970. The summed E-state index contributed by atoms with van der Waals surface area (Å²) in [7, 11) is 0. The summed E-state index contributed by atoms with van der Waals surface area (Å²) in [5.41, 5.74) is -0.515. The Morgan fingerprint density at radius 1 is 1.38 bits per heavy atom. The number of alkyl halides is 1. The number of halogens is 1. The second kappa shape index (κ2) is 4.91. The number of esters is 1. The molecule has 0 unspecified atom stereocenters. The maximum atomic E-state index is 11.5. The Labute approximate surface area is 99.6 Å².